The highest BCUT2D eigenvalue weighted by molar-refractivity contribution is 9.10. The van der Waals surface area contributed by atoms with E-state index in [-0.39, 0.29) is 5.76 Å². The molecule has 152 valence electrons. The van der Waals surface area contributed by atoms with Crippen LogP contribution < -0.4 is 5.43 Å². The second-order valence-corrected chi connectivity index (χ2v) is 8.10. The van der Waals surface area contributed by atoms with Crippen LogP contribution in [0.2, 0.25) is 5.02 Å². The highest BCUT2D eigenvalue weighted by atomic mass is 79.9. The van der Waals surface area contributed by atoms with E-state index in [1.165, 1.54) is 6.21 Å². The van der Waals surface area contributed by atoms with E-state index in [4.69, 9.17) is 20.4 Å². The number of hydrogen-bond donors (Lipinski definition) is 1. The highest BCUT2D eigenvalue weighted by Gasteiger charge is 2.13. The van der Waals surface area contributed by atoms with E-state index < -0.39 is 5.91 Å². The highest BCUT2D eigenvalue weighted by Crippen LogP contribution is 2.30. The number of carbonyl (C=O) groups excluding carboxylic acids is 1. The molecule has 0 bridgehead atoms. The van der Waals surface area contributed by atoms with Crippen LogP contribution in [0.15, 0.2) is 91.2 Å². The van der Waals surface area contributed by atoms with Crippen LogP contribution in [-0.4, -0.2) is 12.1 Å². The standard InChI is InChI=1S/C24H14BrClN2O3/c25-19-8-5-15(11-20(19)26)21-10-7-16(30-21)13-27-28-24(29)23-12-18-17-4-2-1-3-14(17)6-9-22(18)31-23/h1-13H,(H,28,29)/b27-13-. The Balaban J connectivity index is 1.32. The Morgan fingerprint density at radius 1 is 0.968 bits per heavy atom. The van der Waals surface area contributed by atoms with Crippen LogP contribution in [0.1, 0.15) is 16.3 Å². The molecule has 0 saturated heterocycles. The third kappa shape index (κ3) is 3.87. The molecule has 31 heavy (non-hydrogen) atoms. The maximum absolute atomic E-state index is 12.5. The van der Waals surface area contributed by atoms with Crippen molar-refractivity contribution < 1.29 is 13.6 Å². The molecular formula is C24H14BrClN2O3. The summed E-state index contributed by atoms with van der Waals surface area (Å²) >= 11 is 9.50. The van der Waals surface area contributed by atoms with E-state index in [0.29, 0.717) is 22.1 Å². The van der Waals surface area contributed by atoms with Crippen LogP contribution in [-0.2, 0) is 0 Å². The van der Waals surface area contributed by atoms with Gasteiger partial charge in [0.15, 0.2) is 5.76 Å². The lowest BCUT2D eigenvalue weighted by atomic mass is 10.1. The van der Waals surface area contributed by atoms with Crippen LogP contribution in [0.3, 0.4) is 0 Å². The zero-order valence-electron chi connectivity index (χ0n) is 15.9. The number of rotatable bonds is 4. The van der Waals surface area contributed by atoms with Crippen LogP contribution in [0.5, 0.6) is 0 Å². The van der Waals surface area contributed by atoms with Crippen molar-refractivity contribution in [3.8, 4) is 11.3 Å². The molecule has 0 spiro atoms. The lowest BCUT2D eigenvalue weighted by Gasteiger charge is -1.99. The maximum Gasteiger partial charge on any atom is 0.307 e. The molecule has 1 N–H and O–H groups in total. The molecule has 2 heterocycles. The van der Waals surface area contributed by atoms with Gasteiger partial charge in [-0.25, -0.2) is 5.43 Å². The predicted molar refractivity (Wildman–Crippen MR) is 126 cm³/mol. The Bertz CT molecular complexity index is 1470. The first-order chi connectivity index (χ1) is 15.1. The van der Waals surface area contributed by atoms with Crippen molar-refractivity contribution in [1.29, 1.82) is 0 Å². The minimum Gasteiger partial charge on any atom is -0.455 e. The summed E-state index contributed by atoms with van der Waals surface area (Å²) in [5, 5.41) is 7.57. The number of hydrogen-bond acceptors (Lipinski definition) is 4. The molecule has 5 aromatic rings. The van der Waals surface area contributed by atoms with Gasteiger partial charge in [-0.2, -0.15) is 5.10 Å². The van der Waals surface area contributed by atoms with Gasteiger partial charge in [0.25, 0.3) is 0 Å². The molecular weight excluding hydrogens is 480 g/mol. The van der Waals surface area contributed by atoms with Crippen LogP contribution in [0.4, 0.5) is 0 Å². The molecule has 0 aliphatic heterocycles. The first kappa shape index (κ1) is 19.6. The lowest BCUT2D eigenvalue weighted by Crippen LogP contribution is -2.16. The van der Waals surface area contributed by atoms with Crippen LogP contribution >= 0.6 is 27.5 Å². The van der Waals surface area contributed by atoms with E-state index in [0.717, 1.165) is 26.2 Å². The third-order valence-electron chi connectivity index (χ3n) is 4.84. The normalized spacial score (nSPS) is 11.5. The SMILES string of the molecule is O=C(N/N=C\c1ccc(-c2ccc(Br)c(Cl)c2)o1)c1cc2c(ccc3ccccc32)o1. The fourth-order valence-corrected chi connectivity index (χ4v) is 3.77. The van der Waals surface area contributed by atoms with E-state index in [1.54, 1.807) is 18.2 Å². The summed E-state index contributed by atoms with van der Waals surface area (Å²) in [5.74, 6) is 0.882. The molecule has 0 atom stereocenters. The van der Waals surface area contributed by atoms with Gasteiger partial charge in [0.1, 0.15) is 17.1 Å². The van der Waals surface area contributed by atoms with Gasteiger partial charge >= 0.3 is 5.91 Å². The van der Waals surface area contributed by atoms with Gasteiger partial charge in [0.2, 0.25) is 0 Å². The Kier molecular flexibility index (Phi) is 5.10. The van der Waals surface area contributed by atoms with Gasteiger partial charge in [0.05, 0.1) is 11.2 Å². The molecule has 0 aliphatic rings. The first-order valence-corrected chi connectivity index (χ1v) is 10.6. The Morgan fingerprint density at radius 2 is 1.84 bits per heavy atom. The minimum atomic E-state index is -0.442. The quantitative estimate of drug-likeness (QED) is 0.216. The van der Waals surface area contributed by atoms with E-state index in [2.05, 4.69) is 26.5 Å². The van der Waals surface area contributed by atoms with Gasteiger partial charge in [-0.1, -0.05) is 48.0 Å². The Morgan fingerprint density at radius 3 is 2.71 bits per heavy atom. The number of fused-ring (bicyclic) bond motifs is 3. The minimum absolute atomic E-state index is 0.188. The number of furan rings is 2. The lowest BCUT2D eigenvalue weighted by molar-refractivity contribution is 0.0929. The van der Waals surface area contributed by atoms with Crippen molar-refractivity contribution in [3.63, 3.8) is 0 Å². The van der Waals surface area contributed by atoms with Gasteiger partial charge < -0.3 is 8.83 Å². The van der Waals surface area contributed by atoms with E-state index >= 15 is 0 Å². The molecule has 5 nitrogen and oxygen atoms in total. The van der Waals surface area contributed by atoms with Crippen molar-refractivity contribution in [1.82, 2.24) is 5.43 Å². The number of hydrazone groups is 1. The molecule has 0 unspecified atom stereocenters. The molecule has 0 aliphatic carbocycles. The molecule has 7 heteroatoms. The largest absolute Gasteiger partial charge is 0.455 e. The summed E-state index contributed by atoms with van der Waals surface area (Å²) in [5.41, 5.74) is 3.96. The fourth-order valence-electron chi connectivity index (χ4n) is 3.34. The van der Waals surface area contributed by atoms with Crippen molar-refractivity contribution >= 4 is 61.4 Å². The summed E-state index contributed by atoms with van der Waals surface area (Å²) in [4.78, 5) is 12.5. The number of benzene rings is 3. The number of halogens is 2. The van der Waals surface area contributed by atoms with Crippen molar-refractivity contribution in [2.45, 2.75) is 0 Å². The summed E-state index contributed by atoms with van der Waals surface area (Å²) in [7, 11) is 0. The summed E-state index contributed by atoms with van der Waals surface area (Å²) < 4.78 is 12.3. The van der Waals surface area contributed by atoms with Crippen LogP contribution in [0, 0.1) is 0 Å². The van der Waals surface area contributed by atoms with Crippen molar-refractivity contribution in [2.75, 3.05) is 0 Å². The second kappa shape index (κ2) is 8.06. The summed E-state index contributed by atoms with van der Waals surface area (Å²) in [6.45, 7) is 0. The fraction of sp³-hybridized carbons (Fsp3) is 0. The average molecular weight is 494 g/mol. The molecule has 0 radical (unpaired) electrons. The zero-order valence-corrected chi connectivity index (χ0v) is 18.3. The second-order valence-electron chi connectivity index (χ2n) is 6.84. The number of nitrogens with one attached hydrogen (secondary N) is 1. The Labute approximate surface area is 190 Å². The molecule has 1 amide bonds. The molecule has 0 fully saturated rings. The van der Waals surface area contributed by atoms with Crippen LogP contribution in [0.25, 0.3) is 33.1 Å². The number of amides is 1. The van der Waals surface area contributed by atoms with Gasteiger partial charge in [-0.3, -0.25) is 4.79 Å². The van der Waals surface area contributed by atoms with Gasteiger partial charge in [-0.05, 0) is 63.1 Å². The molecule has 5 rings (SSSR count). The third-order valence-corrected chi connectivity index (χ3v) is 6.07. The first-order valence-electron chi connectivity index (χ1n) is 9.38. The van der Waals surface area contributed by atoms with E-state index in [9.17, 15) is 4.79 Å². The molecule has 3 aromatic carbocycles. The number of nitrogens with zero attached hydrogens (tertiary/aromatic N) is 1. The molecule has 2 aromatic heterocycles. The van der Waals surface area contributed by atoms with Crippen molar-refractivity contribution in [2.24, 2.45) is 5.10 Å². The van der Waals surface area contributed by atoms with Gasteiger partial charge in [0, 0.05) is 15.4 Å². The van der Waals surface area contributed by atoms with E-state index in [1.807, 2.05) is 54.6 Å². The zero-order chi connectivity index (χ0) is 21.4. The topological polar surface area (TPSA) is 67.7 Å². The smallest absolute Gasteiger partial charge is 0.307 e. The predicted octanol–water partition coefficient (Wildman–Crippen LogP) is 7.03. The average Bonchev–Trinajstić information content (AvgIpc) is 3.43. The summed E-state index contributed by atoms with van der Waals surface area (Å²) in [6.07, 6.45) is 1.43. The number of carbonyl (C=O) groups is 1. The molecule has 0 saturated carbocycles. The van der Waals surface area contributed by atoms with Crippen molar-refractivity contribution in [3.05, 3.63) is 93.8 Å². The van der Waals surface area contributed by atoms with Gasteiger partial charge in [-0.15, -0.1) is 0 Å². The Hall–Kier alpha value is -3.35. The monoisotopic (exact) mass is 492 g/mol. The maximum atomic E-state index is 12.5. The summed E-state index contributed by atoms with van der Waals surface area (Å²) in [6, 6.07) is 22.6.